The molecule has 0 amide bonds. The predicted molar refractivity (Wildman–Crippen MR) is 119 cm³/mol. The Morgan fingerprint density at radius 2 is 1.38 bits per heavy atom. The summed E-state index contributed by atoms with van der Waals surface area (Å²) in [5, 5.41) is 0. The van der Waals surface area contributed by atoms with Crippen molar-refractivity contribution in [1.29, 1.82) is 0 Å². The van der Waals surface area contributed by atoms with Gasteiger partial charge >= 0.3 is 0 Å². The first-order valence-electron chi connectivity index (χ1n) is 10.9. The molecule has 2 nitrogen and oxygen atoms in total. The molecule has 0 aromatic heterocycles. The van der Waals surface area contributed by atoms with Crippen molar-refractivity contribution >= 4 is 11.6 Å². The van der Waals surface area contributed by atoms with Crippen molar-refractivity contribution in [3.8, 4) is 0 Å². The summed E-state index contributed by atoms with van der Waals surface area (Å²) < 4.78 is 0. The highest BCUT2D eigenvalue weighted by Crippen LogP contribution is 2.41. The average molecular weight is 391 g/mol. The lowest BCUT2D eigenvalue weighted by Crippen LogP contribution is -2.39. The monoisotopic (exact) mass is 390 g/mol. The van der Waals surface area contributed by atoms with Gasteiger partial charge in [0.2, 0.25) is 0 Å². The molecule has 0 saturated heterocycles. The van der Waals surface area contributed by atoms with E-state index in [0.29, 0.717) is 23.3 Å². The fourth-order valence-electron chi connectivity index (χ4n) is 5.78. The number of carbonyl (C=O) groups excluding carboxylic acids is 2. The molecule has 3 unspecified atom stereocenters. The summed E-state index contributed by atoms with van der Waals surface area (Å²) >= 11 is 0. The molecular formula is C27H34O2. The second-order valence-corrected chi connectivity index (χ2v) is 9.44. The van der Waals surface area contributed by atoms with Gasteiger partial charge in [0.1, 0.15) is 5.92 Å². The van der Waals surface area contributed by atoms with E-state index >= 15 is 0 Å². The van der Waals surface area contributed by atoms with E-state index in [-0.39, 0.29) is 17.5 Å². The van der Waals surface area contributed by atoms with Crippen LogP contribution in [-0.4, -0.2) is 11.6 Å². The van der Waals surface area contributed by atoms with Crippen molar-refractivity contribution in [1.82, 2.24) is 0 Å². The molecule has 1 fully saturated rings. The van der Waals surface area contributed by atoms with Crippen molar-refractivity contribution in [3.63, 3.8) is 0 Å². The molecule has 0 N–H and O–H groups in total. The molecule has 0 radical (unpaired) electrons. The number of carbonyl (C=O) groups is 2. The van der Waals surface area contributed by atoms with Crippen LogP contribution in [0.15, 0.2) is 42.5 Å². The Hall–Kier alpha value is -2.22. The summed E-state index contributed by atoms with van der Waals surface area (Å²) in [6, 6.07) is 13.7. The van der Waals surface area contributed by atoms with Crippen LogP contribution < -0.4 is 0 Å². The Labute approximate surface area is 175 Å². The van der Waals surface area contributed by atoms with Gasteiger partial charge in [0.15, 0.2) is 11.6 Å². The summed E-state index contributed by atoms with van der Waals surface area (Å²) in [5.74, 6) is 0.519. The number of hydrogen-bond donors (Lipinski definition) is 0. The Morgan fingerprint density at radius 1 is 0.862 bits per heavy atom. The number of ketones is 2. The van der Waals surface area contributed by atoms with Crippen molar-refractivity contribution in [2.75, 3.05) is 0 Å². The smallest absolute Gasteiger partial charge is 0.178 e. The number of benzene rings is 2. The topological polar surface area (TPSA) is 34.1 Å². The lowest BCUT2D eigenvalue weighted by molar-refractivity contribution is -0.128. The summed E-state index contributed by atoms with van der Waals surface area (Å²) in [5.41, 5.74) is 4.59. The van der Waals surface area contributed by atoms with Crippen molar-refractivity contribution < 1.29 is 9.59 Å². The molecule has 0 aliphatic heterocycles. The highest BCUT2D eigenvalue weighted by atomic mass is 16.2. The lowest BCUT2D eigenvalue weighted by Gasteiger charge is -2.38. The van der Waals surface area contributed by atoms with Crippen molar-refractivity contribution in [2.45, 2.75) is 60.3 Å². The van der Waals surface area contributed by atoms with E-state index in [4.69, 9.17) is 0 Å². The van der Waals surface area contributed by atoms with E-state index < -0.39 is 5.92 Å². The molecule has 29 heavy (non-hydrogen) atoms. The van der Waals surface area contributed by atoms with Gasteiger partial charge in [-0.05, 0) is 68.1 Å². The van der Waals surface area contributed by atoms with E-state index in [1.807, 2.05) is 63.2 Å². The zero-order chi connectivity index (χ0) is 21.3. The number of hydrogen-bond acceptors (Lipinski definition) is 2. The summed E-state index contributed by atoms with van der Waals surface area (Å²) in [6.45, 7) is 12.6. The maximum absolute atomic E-state index is 13.9. The van der Waals surface area contributed by atoms with E-state index in [1.54, 1.807) is 0 Å². The fraction of sp³-hybridized carbons (Fsp3) is 0.481. The first kappa shape index (κ1) is 21.5. The van der Waals surface area contributed by atoms with Gasteiger partial charge in [0.05, 0.1) is 0 Å². The van der Waals surface area contributed by atoms with Crippen LogP contribution in [0.2, 0.25) is 0 Å². The van der Waals surface area contributed by atoms with Crippen LogP contribution in [0, 0.1) is 44.4 Å². The van der Waals surface area contributed by atoms with Gasteiger partial charge in [-0.25, -0.2) is 0 Å². The SMILES string of the molecule is Cc1cc(C)c(C(=O)C(C(=O)C2C(C)CC(C)CC2C)c2ccccc2)c(C)c1. The molecule has 0 spiro atoms. The molecule has 3 atom stereocenters. The van der Waals surface area contributed by atoms with Crippen LogP contribution in [0.5, 0.6) is 0 Å². The molecule has 1 saturated carbocycles. The molecule has 2 heteroatoms. The molecule has 3 rings (SSSR count). The van der Waals surface area contributed by atoms with Gasteiger partial charge in [0.25, 0.3) is 0 Å². The molecule has 1 aliphatic carbocycles. The molecule has 1 aliphatic rings. The first-order chi connectivity index (χ1) is 13.7. The largest absolute Gasteiger partial charge is 0.298 e. The molecule has 2 aromatic rings. The number of rotatable bonds is 5. The minimum absolute atomic E-state index is 0.0470. The van der Waals surface area contributed by atoms with Crippen LogP contribution in [0.4, 0.5) is 0 Å². The third kappa shape index (κ3) is 4.37. The van der Waals surface area contributed by atoms with Crippen LogP contribution in [0.3, 0.4) is 0 Å². The van der Waals surface area contributed by atoms with Gasteiger partial charge < -0.3 is 0 Å². The molecule has 0 heterocycles. The minimum Gasteiger partial charge on any atom is -0.298 e. The second-order valence-electron chi connectivity index (χ2n) is 9.44. The van der Waals surface area contributed by atoms with Crippen LogP contribution in [-0.2, 0) is 4.79 Å². The normalized spacial score (nSPS) is 25.4. The van der Waals surface area contributed by atoms with E-state index in [1.165, 1.54) is 0 Å². The van der Waals surface area contributed by atoms with E-state index in [2.05, 4.69) is 20.8 Å². The highest BCUT2D eigenvalue weighted by molar-refractivity contribution is 6.16. The summed E-state index contributed by atoms with van der Waals surface area (Å²) in [6.07, 6.45) is 2.11. The zero-order valence-electron chi connectivity index (χ0n) is 18.7. The highest BCUT2D eigenvalue weighted by Gasteiger charge is 2.42. The van der Waals surface area contributed by atoms with Crippen LogP contribution in [0.1, 0.15) is 72.1 Å². The van der Waals surface area contributed by atoms with Crippen LogP contribution in [0.25, 0.3) is 0 Å². The first-order valence-corrected chi connectivity index (χ1v) is 10.9. The third-order valence-electron chi connectivity index (χ3n) is 6.71. The van der Waals surface area contributed by atoms with Gasteiger partial charge in [-0.3, -0.25) is 9.59 Å². The fourth-order valence-corrected chi connectivity index (χ4v) is 5.78. The van der Waals surface area contributed by atoms with E-state index in [9.17, 15) is 9.59 Å². The Balaban J connectivity index is 2.07. The second kappa shape index (κ2) is 8.65. The Bertz CT molecular complexity index is 861. The Morgan fingerprint density at radius 3 is 1.90 bits per heavy atom. The van der Waals surface area contributed by atoms with E-state index in [0.717, 1.165) is 35.1 Å². The average Bonchev–Trinajstić information content (AvgIpc) is 2.61. The molecular weight excluding hydrogens is 356 g/mol. The minimum atomic E-state index is -0.723. The molecule has 2 aromatic carbocycles. The maximum atomic E-state index is 13.9. The zero-order valence-corrected chi connectivity index (χ0v) is 18.7. The number of Topliss-reactive ketones (excluding diaryl/α,β-unsaturated/α-hetero) is 2. The molecule has 0 bridgehead atoms. The summed E-state index contributed by atoms with van der Waals surface area (Å²) in [4.78, 5) is 27.7. The van der Waals surface area contributed by atoms with Gasteiger partial charge in [-0.15, -0.1) is 0 Å². The quantitative estimate of drug-likeness (QED) is 0.433. The number of aryl methyl sites for hydroxylation is 3. The van der Waals surface area contributed by atoms with Gasteiger partial charge in [-0.1, -0.05) is 68.8 Å². The van der Waals surface area contributed by atoms with Crippen LogP contribution >= 0.6 is 0 Å². The van der Waals surface area contributed by atoms with Crippen molar-refractivity contribution in [3.05, 3.63) is 70.3 Å². The lowest BCUT2D eigenvalue weighted by atomic mass is 9.64. The standard InChI is InChI=1S/C27H34O2/c1-16-12-18(3)23(19(4)13-16)26(28)25(22-10-8-7-9-11-22)27(29)24-20(5)14-17(2)15-21(24)6/h7-13,17,20-21,24-25H,14-15H2,1-6H3. The predicted octanol–water partition coefficient (Wildman–Crippen LogP) is 6.47. The van der Waals surface area contributed by atoms with Gasteiger partial charge in [-0.2, -0.15) is 0 Å². The third-order valence-corrected chi connectivity index (χ3v) is 6.71. The summed E-state index contributed by atoms with van der Waals surface area (Å²) in [7, 11) is 0. The molecule has 154 valence electrons. The Kier molecular flexibility index (Phi) is 6.41. The van der Waals surface area contributed by atoms with Gasteiger partial charge in [0, 0.05) is 11.5 Å². The van der Waals surface area contributed by atoms with Crippen molar-refractivity contribution in [2.24, 2.45) is 23.7 Å². The maximum Gasteiger partial charge on any atom is 0.178 e.